The van der Waals surface area contributed by atoms with E-state index in [1.807, 2.05) is 14.0 Å². The SMILES string of the molecule is C[C@@H]1CN(C)CCN1C(=O)O. The smallest absolute Gasteiger partial charge is 0.407 e. The van der Waals surface area contributed by atoms with E-state index in [0.29, 0.717) is 6.54 Å². The third kappa shape index (κ3) is 1.83. The van der Waals surface area contributed by atoms with Crippen LogP contribution in [0.15, 0.2) is 0 Å². The lowest BCUT2D eigenvalue weighted by atomic mass is 10.2. The maximum atomic E-state index is 10.6. The molecule has 0 spiro atoms. The predicted octanol–water partition coefficient (Wildman–Crippen LogP) is 0.300. The molecular weight excluding hydrogens is 144 g/mol. The minimum Gasteiger partial charge on any atom is -0.465 e. The number of hydrogen-bond donors (Lipinski definition) is 1. The number of carbonyl (C=O) groups is 1. The first-order valence-corrected chi connectivity index (χ1v) is 3.79. The fraction of sp³-hybridized carbons (Fsp3) is 0.857. The molecule has 1 N–H and O–H groups in total. The fourth-order valence-corrected chi connectivity index (χ4v) is 1.42. The molecule has 1 saturated heterocycles. The summed E-state index contributed by atoms with van der Waals surface area (Å²) in [7, 11) is 2.01. The molecule has 1 aliphatic heterocycles. The van der Waals surface area contributed by atoms with Gasteiger partial charge in [-0.1, -0.05) is 0 Å². The third-order valence-electron chi connectivity index (χ3n) is 2.08. The predicted molar refractivity (Wildman–Crippen MR) is 41.7 cm³/mol. The van der Waals surface area contributed by atoms with E-state index in [1.54, 1.807) is 0 Å². The maximum Gasteiger partial charge on any atom is 0.407 e. The molecule has 0 unspecified atom stereocenters. The Kier molecular flexibility index (Phi) is 2.34. The summed E-state index contributed by atoms with van der Waals surface area (Å²) in [5, 5.41) is 8.70. The van der Waals surface area contributed by atoms with Crippen LogP contribution in [0.4, 0.5) is 4.79 Å². The van der Waals surface area contributed by atoms with E-state index in [2.05, 4.69) is 4.90 Å². The molecule has 1 amide bonds. The Morgan fingerprint density at radius 2 is 2.18 bits per heavy atom. The van der Waals surface area contributed by atoms with E-state index in [4.69, 9.17) is 5.11 Å². The van der Waals surface area contributed by atoms with Crippen LogP contribution in [0, 0.1) is 0 Å². The van der Waals surface area contributed by atoms with E-state index >= 15 is 0 Å². The second-order valence-electron chi connectivity index (χ2n) is 3.09. The Balaban J connectivity index is 2.50. The molecule has 4 heteroatoms. The van der Waals surface area contributed by atoms with Gasteiger partial charge in [-0.2, -0.15) is 0 Å². The van der Waals surface area contributed by atoms with E-state index < -0.39 is 6.09 Å². The largest absolute Gasteiger partial charge is 0.465 e. The van der Waals surface area contributed by atoms with Crippen molar-refractivity contribution < 1.29 is 9.90 Å². The van der Waals surface area contributed by atoms with Gasteiger partial charge in [0.25, 0.3) is 0 Å². The lowest BCUT2D eigenvalue weighted by Crippen LogP contribution is -2.52. The Labute approximate surface area is 66.4 Å². The van der Waals surface area contributed by atoms with Gasteiger partial charge in [0.05, 0.1) is 0 Å². The first-order chi connectivity index (χ1) is 5.11. The van der Waals surface area contributed by atoms with Crippen molar-refractivity contribution in [2.75, 3.05) is 26.7 Å². The van der Waals surface area contributed by atoms with Crippen LogP contribution in [-0.2, 0) is 0 Å². The number of piperazine rings is 1. The molecule has 0 aliphatic carbocycles. The highest BCUT2D eigenvalue weighted by Gasteiger charge is 2.24. The zero-order chi connectivity index (χ0) is 8.43. The minimum absolute atomic E-state index is 0.131. The van der Waals surface area contributed by atoms with Crippen LogP contribution >= 0.6 is 0 Å². The molecule has 1 fully saturated rings. The molecule has 0 saturated carbocycles. The van der Waals surface area contributed by atoms with Gasteiger partial charge in [0.1, 0.15) is 0 Å². The summed E-state index contributed by atoms with van der Waals surface area (Å²) in [5.41, 5.74) is 0. The van der Waals surface area contributed by atoms with Crippen molar-refractivity contribution in [3.63, 3.8) is 0 Å². The van der Waals surface area contributed by atoms with Gasteiger partial charge in [-0.05, 0) is 14.0 Å². The van der Waals surface area contributed by atoms with Gasteiger partial charge in [-0.3, -0.25) is 0 Å². The van der Waals surface area contributed by atoms with Gasteiger partial charge in [0, 0.05) is 25.7 Å². The van der Waals surface area contributed by atoms with E-state index in [1.165, 1.54) is 4.90 Å². The highest BCUT2D eigenvalue weighted by atomic mass is 16.4. The van der Waals surface area contributed by atoms with Crippen molar-refractivity contribution in [1.29, 1.82) is 0 Å². The summed E-state index contributed by atoms with van der Waals surface area (Å²) in [6.45, 7) is 4.25. The molecule has 0 aromatic heterocycles. The molecule has 0 aromatic rings. The summed E-state index contributed by atoms with van der Waals surface area (Å²) in [6.07, 6.45) is -0.800. The molecule has 64 valence electrons. The molecule has 11 heavy (non-hydrogen) atoms. The zero-order valence-electron chi connectivity index (χ0n) is 6.95. The van der Waals surface area contributed by atoms with Crippen LogP contribution in [0.1, 0.15) is 6.92 Å². The summed E-state index contributed by atoms with van der Waals surface area (Å²) >= 11 is 0. The van der Waals surface area contributed by atoms with E-state index in [-0.39, 0.29) is 6.04 Å². The number of amides is 1. The summed E-state index contributed by atoms with van der Waals surface area (Å²) in [5.74, 6) is 0. The number of likely N-dealkylation sites (N-methyl/N-ethyl adjacent to an activating group) is 1. The molecule has 1 atom stereocenters. The average molecular weight is 158 g/mol. The lowest BCUT2D eigenvalue weighted by Gasteiger charge is -2.36. The number of carboxylic acid groups (broad SMARTS) is 1. The molecule has 1 heterocycles. The van der Waals surface area contributed by atoms with Crippen molar-refractivity contribution >= 4 is 6.09 Å². The monoisotopic (exact) mass is 158 g/mol. The minimum atomic E-state index is -0.800. The highest BCUT2D eigenvalue weighted by Crippen LogP contribution is 2.06. The van der Waals surface area contributed by atoms with Gasteiger partial charge in [-0.25, -0.2) is 4.79 Å². The van der Waals surface area contributed by atoms with Crippen molar-refractivity contribution in [2.45, 2.75) is 13.0 Å². The normalized spacial score (nSPS) is 27.1. The Morgan fingerprint density at radius 3 is 2.64 bits per heavy atom. The number of nitrogens with zero attached hydrogens (tertiary/aromatic N) is 2. The first-order valence-electron chi connectivity index (χ1n) is 3.79. The molecule has 1 rings (SSSR count). The average Bonchev–Trinajstić information content (AvgIpc) is 1.85. The van der Waals surface area contributed by atoms with Crippen molar-refractivity contribution in [3.05, 3.63) is 0 Å². The van der Waals surface area contributed by atoms with Crippen LogP contribution in [0.2, 0.25) is 0 Å². The van der Waals surface area contributed by atoms with E-state index in [9.17, 15) is 4.79 Å². The Morgan fingerprint density at radius 1 is 1.55 bits per heavy atom. The van der Waals surface area contributed by atoms with Crippen LogP contribution in [0.25, 0.3) is 0 Å². The second-order valence-corrected chi connectivity index (χ2v) is 3.09. The van der Waals surface area contributed by atoms with Gasteiger partial charge in [-0.15, -0.1) is 0 Å². The molecule has 1 aliphatic rings. The molecule has 0 bridgehead atoms. The topological polar surface area (TPSA) is 43.8 Å². The fourth-order valence-electron chi connectivity index (χ4n) is 1.42. The zero-order valence-corrected chi connectivity index (χ0v) is 6.95. The van der Waals surface area contributed by atoms with Gasteiger partial charge >= 0.3 is 6.09 Å². The van der Waals surface area contributed by atoms with Crippen molar-refractivity contribution in [2.24, 2.45) is 0 Å². The molecular formula is C7H14N2O2. The van der Waals surface area contributed by atoms with Gasteiger partial charge < -0.3 is 14.9 Å². The Hall–Kier alpha value is -0.770. The molecule has 4 nitrogen and oxygen atoms in total. The van der Waals surface area contributed by atoms with Crippen LogP contribution in [0.3, 0.4) is 0 Å². The van der Waals surface area contributed by atoms with Crippen LogP contribution in [-0.4, -0.2) is 53.7 Å². The van der Waals surface area contributed by atoms with Gasteiger partial charge in [0.15, 0.2) is 0 Å². The maximum absolute atomic E-state index is 10.6. The lowest BCUT2D eigenvalue weighted by molar-refractivity contribution is 0.0844. The first kappa shape index (κ1) is 8.33. The van der Waals surface area contributed by atoms with E-state index in [0.717, 1.165) is 13.1 Å². The standard InChI is InChI=1S/C7H14N2O2/c1-6-5-8(2)3-4-9(6)7(10)11/h6H,3-5H2,1-2H3,(H,10,11)/t6-/m1/s1. The van der Waals surface area contributed by atoms with Crippen LogP contribution in [0.5, 0.6) is 0 Å². The van der Waals surface area contributed by atoms with Gasteiger partial charge in [0.2, 0.25) is 0 Å². The molecule has 0 aromatic carbocycles. The number of rotatable bonds is 0. The molecule has 0 radical (unpaired) electrons. The third-order valence-corrected chi connectivity index (χ3v) is 2.08. The van der Waals surface area contributed by atoms with Crippen molar-refractivity contribution in [3.8, 4) is 0 Å². The summed E-state index contributed by atoms with van der Waals surface area (Å²) < 4.78 is 0. The van der Waals surface area contributed by atoms with Crippen molar-refractivity contribution in [1.82, 2.24) is 9.80 Å². The second kappa shape index (κ2) is 3.09. The quantitative estimate of drug-likeness (QED) is 0.551. The highest BCUT2D eigenvalue weighted by molar-refractivity contribution is 5.65. The summed E-state index contributed by atoms with van der Waals surface area (Å²) in [6, 6.07) is 0.131. The number of hydrogen-bond acceptors (Lipinski definition) is 2. The Bertz CT molecular complexity index is 161. The van der Waals surface area contributed by atoms with Crippen LogP contribution < -0.4 is 0 Å². The summed E-state index contributed by atoms with van der Waals surface area (Å²) in [4.78, 5) is 14.2.